The van der Waals surface area contributed by atoms with Crippen LogP contribution >= 0.6 is 0 Å². The molecule has 2 aromatic rings. The minimum Gasteiger partial charge on any atom is -0.356 e. The number of imide groups is 1. The molecule has 2 heterocycles. The number of carbonyl (C=O) groups is 3. The van der Waals surface area contributed by atoms with Crippen LogP contribution in [0.1, 0.15) is 39.1 Å². The summed E-state index contributed by atoms with van der Waals surface area (Å²) in [6.07, 6.45) is 6.24. The predicted molar refractivity (Wildman–Crippen MR) is 89.8 cm³/mol. The number of hydrogen-bond acceptors (Lipinski definition) is 5. The maximum Gasteiger partial charge on any atom is 0.261 e. The number of hydrogen-bond donors (Lipinski definition) is 1. The number of rotatable bonds is 7. The SMILES string of the molecule is O=C(CCCN1C(=O)c2ccccc2C1=O)NCCc1cncnc1. The Morgan fingerprint density at radius 1 is 1.04 bits per heavy atom. The Morgan fingerprint density at radius 2 is 1.68 bits per heavy atom. The fourth-order valence-corrected chi connectivity index (χ4v) is 2.73. The summed E-state index contributed by atoms with van der Waals surface area (Å²) in [4.78, 5) is 45.3. The van der Waals surface area contributed by atoms with Crippen molar-refractivity contribution in [2.75, 3.05) is 13.1 Å². The molecule has 0 radical (unpaired) electrons. The lowest BCUT2D eigenvalue weighted by Crippen LogP contribution is -2.32. The Balaban J connectivity index is 1.40. The van der Waals surface area contributed by atoms with Crippen molar-refractivity contribution in [3.05, 3.63) is 59.7 Å². The van der Waals surface area contributed by atoms with E-state index in [-0.39, 0.29) is 30.7 Å². The molecule has 25 heavy (non-hydrogen) atoms. The molecule has 3 amide bonds. The molecule has 0 atom stereocenters. The van der Waals surface area contributed by atoms with Crippen LogP contribution in [0, 0.1) is 0 Å². The lowest BCUT2D eigenvalue weighted by molar-refractivity contribution is -0.121. The number of amides is 3. The summed E-state index contributed by atoms with van der Waals surface area (Å²) in [6.45, 7) is 0.742. The van der Waals surface area contributed by atoms with Crippen LogP contribution in [0.5, 0.6) is 0 Å². The van der Waals surface area contributed by atoms with Gasteiger partial charge in [0, 0.05) is 31.9 Å². The summed E-state index contributed by atoms with van der Waals surface area (Å²) in [6, 6.07) is 6.77. The molecule has 0 fully saturated rings. The quantitative estimate of drug-likeness (QED) is 0.766. The monoisotopic (exact) mass is 338 g/mol. The van der Waals surface area contributed by atoms with Crippen LogP contribution in [-0.2, 0) is 11.2 Å². The van der Waals surface area contributed by atoms with E-state index in [1.165, 1.54) is 11.2 Å². The standard InChI is InChI=1S/C18H18N4O3/c23-16(21-8-7-13-10-19-12-20-11-13)6-3-9-22-17(24)14-4-1-2-5-15(14)18(22)25/h1-2,4-5,10-12H,3,6-9H2,(H,21,23). The Hall–Kier alpha value is -3.09. The summed E-state index contributed by atoms with van der Waals surface area (Å²) in [7, 11) is 0. The van der Waals surface area contributed by atoms with Crippen molar-refractivity contribution >= 4 is 17.7 Å². The van der Waals surface area contributed by atoms with Gasteiger partial charge in [0.05, 0.1) is 11.1 Å². The Labute approximate surface area is 145 Å². The Bertz CT molecular complexity index is 757. The van der Waals surface area contributed by atoms with Crippen molar-refractivity contribution < 1.29 is 14.4 Å². The van der Waals surface area contributed by atoms with Crippen molar-refractivity contribution in [1.82, 2.24) is 20.2 Å². The molecule has 128 valence electrons. The molecule has 0 unspecified atom stereocenters. The van der Waals surface area contributed by atoms with E-state index in [1.54, 1.807) is 36.7 Å². The van der Waals surface area contributed by atoms with E-state index in [4.69, 9.17) is 0 Å². The van der Waals surface area contributed by atoms with Gasteiger partial charge in [-0.25, -0.2) is 9.97 Å². The largest absolute Gasteiger partial charge is 0.356 e. The maximum atomic E-state index is 12.2. The second-order valence-corrected chi connectivity index (χ2v) is 5.76. The van der Waals surface area contributed by atoms with Crippen LogP contribution in [0.25, 0.3) is 0 Å². The summed E-state index contributed by atoms with van der Waals surface area (Å²) in [5.74, 6) is -0.677. The molecular formula is C18H18N4O3. The molecule has 0 aliphatic carbocycles. The van der Waals surface area contributed by atoms with Gasteiger partial charge in [0.15, 0.2) is 0 Å². The molecule has 0 bridgehead atoms. The zero-order valence-electron chi connectivity index (χ0n) is 13.6. The highest BCUT2D eigenvalue weighted by Crippen LogP contribution is 2.22. The second-order valence-electron chi connectivity index (χ2n) is 5.76. The van der Waals surface area contributed by atoms with Crippen molar-refractivity contribution in [3.8, 4) is 0 Å². The van der Waals surface area contributed by atoms with Gasteiger partial charge in [0.2, 0.25) is 5.91 Å². The average molecular weight is 338 g/mol. The van der Waals surface area contributed by atoms with Crippen LogP contribution < -0.4 is 5.32 Å². The fraction of sp³-hybridized carbons (Fsp3) is 0.278. The van der Waals surface area contributed by atoms with E-state index in [2.05, 4.69) is 15.3 Å². The van der Waals surface area contributed by atoms with Gasteiger partial charge in [-0.15, -0.1) is 0 Å². The maximum absolute atomic E-state index is 12.2. The van der Waals surface area contributed by atoms with Gasteiger partial charge < -0.3 is 5.32 Å². The molecule has 7 nitrogen and oxygen atoms in total. The first kappa shape index (κ1) is 16.8. The molecule has 1 aromatic heterocycles. The summed E-state index contributed by atoms with van der Waals surface area (Å²) >= 11 is 0. The molecule has 1 aromatic carbocycles. The lowest BCUT2D eigenvalue weighted by atomic mass is 10.1. The van der Waals surface area contributed by atoms with E-state index in [1.807, 2.05) is 0 Å². The summed E-state index contributed by atoms with van der Waals surface area (Å²) in [5.41, 5.74) is 1.82. The molecule has 0 spiro atoms. The molecule has 1 aliphatic rings. The number of nitrogens with one attached hydrogen (secondary N) is 1. The fourth-order valence-electron chi connectivity index (χ4n) is 2.73. The van der Waals surface area contributed by atoms with Crippen LogP contribution in [0.15, 0.2) is 43.0 Å². The van der Waals surface area contributed by atoms with Crippen LogP contribution in [0.3, 0.4) is 0 Å². The zero-order chi connectivity index (χ0) is 17.6. The third-order valence-electron chi connectivity index (χ3n) is 4.01. The van der Waals surface area contributed by atoms with E-state index in [0.717, 1.165) is 5.56 Å². The highest BCUT2D eigenvalue weighted by atomic mass is 16.2. The van der Waals surface area contributed by atoms with Crippen molar-refractivity contribution in [3.63, 3.8) is 0 Å². The average Bonchev–Trinajstić information content (AvgIpc) is 2.88. The molecule has 3 rings (SSSR count). The molecule has 7 heteroatoms. The summed E-state index contributed by atoms with van der Waals surface area (Å²) < 4.78 is 0. The van der Waals surface area contributed by atoms with Crippen molar-refractivity contribution in [2.24, 2.45) is 0 Å². The van der Waals surface area contributed by atoms with Crippen LogP contribution in [0.4, 0.5) is 0 Å². The van der Waals surface area contributed by atoms with Gasteiger partial charge in [-0.05, 0) is 30.5 Å². The van der Waals surface area contributed by atoms with E-state index < -0.39 is 0 Å². The van der Waals surface area contributed by atoms with E-state index in [9.17, 15) is 14.4 Å². The van der Waals surface area contributed by atoms with Gasteiger partial charge in [0.1, 0.15) is 6.33 Å². The van der Waals surface area contributed by atoms with Gasteiger partial charge in [-0.1, -0.05) is 12.1 Å². The predicted octanol–water partition coefficient (Wildman–Crippen LogP) is 1.21. The minimum atomic E-state index is -0.287. The highest BCUT2D eigenvalue weighted by Gasteiger charge is 2.34. The normalized spacial score (nSPS) is 13.0. The second kappa shape index (κ2) is 7.65. The first-order chi connectivity index (χ1) is 12.2. The number of fused-ring (bicyclic) bond motifs is 1. The molecule has 1 aliphatic heterocycles. The molecule has 0 saturated carbocycles. The number of nitrogens with zero attached hydrogens (tertiary/aromatic N) is 3. The van der Waals surface area contributed by atoms with Gasteiger partial charge >= 0.3 is 0 Å². The topological polar surface area (TPSA) is 92.3 Å². The molecule has 0 saturated heterocycles. The van der Waals surface area contributed by atoms with Crippen LogP contribution in [0.2, 0.25) is 0 Å². The Kier molecular flexibility index (Phi) is 5.13. The third-order valence-corrected chi connectivity index (χ3v) is 4.01. The van der Waals surface area contributed by atoms with Gasteiger partial charge in [-0.2, -0.15) is 0 Å². The van der Waals surface area contributed by atoms with Gasteiger partial charge in [0.25, 0.3) is 11.8 Å². The van der Waals surface area contributed by atoms with Gasteiger partial charge in [-0.3, -0.25) is 19.3 Å². The van der Waals surface area contributed by atoms with Crippen molar-refractivity contribution in [2.45, 2.75) is 19.3 Å². The number of carbonyl (C=O) groups excluding carboxylic acids is 3. The number of benzene rings is 1. The molecule has 1 N–H and O–H groups in total. The van der Waals surface area contributed by atoms with E-state index in [0.29, 0.717) is 30.5 Å². The van der Waals surface area contributed by atoms with E-state index >= 15 is 0 Å². The third kappa shape index (κ3) is 3.88. The van der Waals surface area contributed by atoms with Crippen molar-refractivity contribution in [1.29, 1.82) is 0 Å². The van der Waals surface area contributed by atoms with Crippen LogP contribution in [-0.4, -0.2) is 45.7 Å². The smallest absolute Gasteiger partial charge is 0.261 e. The first-order valence-electron chi connectivity index (χ1n) is 8.12. The Morgan fingerprint density at radius 3 is 2.32 bits per heavy atom. The summed E-state index contributed by atoms with van der Waals surface area (Å²) in [5, 5.41) is 2.81. The zero-order valence-corrected chi connectivity index (χ0v) is 13.6. The highest BCUT2D eigenvalue weighted by molar-refractivity contribution is 6.21. The number of aromatic nitrogens is 2. The minimum absolute atomic E-state index is 0.103. The lowest BCUT2D eigenvalue weighted by Gasteiger charge is -2.13. The molecular weight excluding hydrogens is 320 g/mol. The first-order valence-corrected chi connectivity index (χ1v) is 8.12.